The Kier molecular flexibility index (Phi) is 6.78. The van der Waals surface area contributed by atoms with Gasteiger partial charge in [0.25, 0.3) is 0 Å². The molecule has 9 rings (SSSR count). The van der Waals surface area contributed by atoms with Crippen molar-refractivity contribution in [2.45, 2.75) is 52.4 Å². The molecule has 0 amide bonds. The highest BCUT2D eigenvalue weighted by molar-refractivity contribution is 7.27. The minimum absolute atomic E-state index is 0.548. The molecule has 47 heavy (non-hydrogen) atoms. The molecule has 0 radical (unpaired) electrons. The highest BCUT2D eigenvalue weighted by Gasteiger charge is 2.18. The van der Waals surface area contributed by atoms with Crippen LogP contribution in [0, 0.1) is 0 Å². The lowest BCUT2D eigenvalue weighted by Crippen LogP contribution is -1.90. The predicted molar refractivity (Wildman–Crippen MR) is 210 cm³/mol. The van der Waals surface area contributed by atoms with E-state index in [0.717, 1.165) is 12.8 Å². The van der Waals surface area contributed by atoms with Gasteiger partial charge in [0.1, 0.15) is 0 Å². The highest BCUT2D eigenvalue weighted by atomic mass is 32.1. The zero-order valence-electron chi connectivity index (χ0n) is 27.3. The highest BCUT2D eigenvalue weighted by Crippen LogP contribution is 2.46. The molecule has 0 saturated heterocycles. The lowest BCUT2D eigenvalue weighted by Gasteiger charge is -2.09. The van der Waals surface area contributed by atoms with Gasteiger partial charge in [-0.25, -0.2) is 0 Å². The number of aromatic amines is 1. The molecule has 0 aliphatic heterocycles. The van der Waals surface area contributed by atoms with E-state index in [2.05, 4.69) is 142 Å². The van der Waals surface area contributed by atoms with E-state index in [1.54, 1.807) is 0 Å². The van der Waals surface area contributed by atoms with Gasteiger partial charge in [-0.1, -0.05) is 113 Å². The summed E-state index contributed by atoms with van der Waals surface area (Å²) in [6.45, 7) is 9.28. The van der Waals surface area contributed by atoms with Gasteiger partial charge in [0.2, 0.25) is 0 Å². The van der Waals surface area contributed by atoms with Crippen LogP contribution in [0.3, 0.4) is 0 Å². The molecule has 6 aromatic carbocycles. The molecule has 9 aromatic rings. The maximum absolute atomic E-state index is 3.71. The molecule has 2 atom stereocenters. The summed E-state index contributed by atoms with van der Waals surface area (Å²) in [7, 11) is 0. The van der Waals surface area contributed by atoms with Crippen LogP contribution in [0.15, 0.2) is 109 Å². The molecule has 0 fully saturated rings. The minimum Gasteiger partial charge on any atom is -0.355 e. The van der Waals surface area contributed by atoms with Crippen molar-refractivity contribution in [3.8, 4) is 22.3 Å². The molecule has 3 heterocycles. The van der Waals surface area contributed by atoms with Crippen molar-refractivity contribution in [1.82, 2.24) is 4.98 Å². The van der Waals surface area contributed by atoms with E-state index in [-0.39, 0.29) is 0 Å². The zero-order chi connectivity index (χ0) is 31.8. The first-order valence-electron chi connectivity index (χ1n) is 17.0. The second kappa shape index (κ2) is 11.1. The summed E-state index contributed by atoms with van der Waals surface area (Å²) in [5.41, 5.74) is 10.5. The van der Waals surface area contributed by atoms with Crippen LogP contribution in [0.5, 0.6) is 0 Å². The summed E-state index contributed by atoms with van der Waals surface area (Å²) < 4.78 is 5.64. The number of benzene rings is 6. The van der Waals surface area contributed by atoms with E-state index in [1.165, 1.54) is 95.5 Å². The smallest absolute Gasteiger partial charge is 0.0465 e. The Morgan fingerprint density at radius 1 is 0.468 bits per heavy atom. The van der Waals surface area contributed by atoms with Gasteiger partial charge in [-0.3, -0.25) is 0 Å². The van der Waals surface area contributed by atoms with E-state index in [4.69, 9.17) is 0 Å². The molecule has 0 aliphatic rings. The molecule has 2 unspecified atom stereocenters. The quantitative estimate of drug-likeness (QED) is 0.186. The summed E-state index contributed by atoms with van der Waals surface area (Å²) in [6.07, 6.45) is 2.30. The van der Waals surface area contributed by atoms with E-state index in [9.17, 15) is 0 Å². The predicted octanol–water partition coefficient (Wildman–Crippen LogP) is 14.4. The number of thiophene rings is 2. The number of H-pyrrole nitrogens is 1. The zero-order valence-corrected chi connectivity index (χ0v) is 28.9. The summed E-state index contributed by atoms with van der Waals surface area (Å²) in [5.74, 6) is 1.10. The minimum atomic E-state index is 0.548. The lowest BCUT2D eigenvalue weighted by atomic mass is 9.95. The van der Waals surface area contributed by atoms with Crippen LogP contribution in [0.4, 0.5) is 0 Å². The van der Waals surface area contributed by atoms with Crippen molar-refractivity contribution in [1.29, 1.82) is 0 Å². The standard InChI is InChI=1S/C44H37NS2/c1-5-25(3)29-11-7-15-33-35-17-9-13-31(43(35)46-41(29)33)27-19-21-39-37(23-27)38-24-28(20-22-40(38)45-39)32-14-10-18-36-34-16-8-12-30(26(4)6-2)42(34)47-44(32)36/h7-26,45H,5-6H2,1-4H3. The van der Waals surface area contributed by atoms with Gasteiger partial charge in [0.05, 0.1) is 0 Å². The SMILES string of the molecule is CCC(C)c1cccc2c1sc1c(-c3ccc4[nH]c5ccc(-c6cccc7c6sc6c(C(C)CC)cccc67)cc5c4c3)cccc12. The topological polar surface area (TPSA) is 15.8 Å². The van der Waals surface area contributed by atoms with Crippen molar-refractivity contribution >= 4 is 84.8 Å². The Morgan fingerprint density at radius 3 is 1.30 bits per heavy atom. The van der Waals surface area contributed by atoms with Crippen LogP contribution in [0.1, 0.15) is 63.5 Å². The van der Waals surface area contributed by atoms with Gasteiger partial charge < -0.3 is 4.98 Å². The van der Waals surface area contributed by atoms with E-state index < -0.39 is 0 Å². The van der Waals surface area contributed by atoms with E-state index >= 15 is 0 Å². The van der Waals surface area contributed by atoms with Crippen molar-refractivity contribution in [3.05, 3.63) is 120 Å². The summed E-state index contributed by atoms with van der Waals surface area (Å²) in [5, 5.41) is 8.05. The van der Waals surface area contributed by atoms with E-state index in [0.29, 0.717) is 11.8 Å². The number of nitrogens with one attached hydrogen (secondary N) is 1. The molecule has 1 N–H and O–H groups in total. The van der Waals surface area contributed by atoms with Crippen LogP contribution in [0.25, 0.3) is 84.4 Å². The first-order chi connectivity index (χ1) is 23.0. The first-order valence-corrected chi connectivity index (χ1v) is 18.6. The maximum Gasteiger partial charge on any atom is 0.0465 e. The van der Waals surface area contributed by atoms with Crippen LogP contribution < -0.4 is 0 Å². The Labute approximate surface area is 283 Å². The molecule has 1 nitrogen and oxygen atoms in total. The fourth-order valence-electron chi connectivity index (χ4n) is 7.59. The van der Waals surface area contributed by atoms with Crippen molar-refractivity contribution < 1.29 is 0 Å². The first kappa shape index (κ1) is 28.8. The average molecular weight is 644 g/mol. The second-order valence-corrected chi connectivity index (χ2v) is 15.3. The molecular formula is C44H37NS2. The summed E-state index contributed by atoms with van der Waals surface area (Å²) in [6, 6.07) is 41.3. The van der Waals surface area contributed by atoms with Gasteiger partial charge in [-0.15, -0.1) is 22.7 Å². The molecular weight excluding hydrogens is 607 g/mol. The average Bonchev–Trinajstić information content (AvgIpc) is 3.81. The van der Waals surface area contributed by atoms with Crippen molar-refractivity contribution in [2.75, 3.05) is 0 Å². The summed E-state index contributed by atoms with van der Waals surface area (Å²) >= 11 is 3.93. The Bertz CT molecular complexity index is 2460. The van der Waals surface area contributed by atoms with Gasteiger partial charge >= 0.3 is 0 Å². The lowest BCUT2D eigenvalue weighted by molar-refractivity contribution is 0.740. The van der Waals surface area contributed by atoms with Crippen LogP contribution >= 0.6 is 22.7 Å². The van der Waals surface area contributed by atoms with Gasteiger partial charge in [0.15, 0.2) is 0 Å². The molecule has 0 bridgehead atoms. The monoisotopic (exact) mass is 643 g/mol. The third-order valence-corrected chi connectivity index (χ3v) is 13.2. The van der Waals surface area contributed by atoms with Crippen molar-refractivity contribution in [2.24, 2.45) is 0 Å². The van der Waals surface area contributed by atoms with Gasteiger partial charge in [-0.2, -0.15) is 0 Å². The summed E-state index contributed by atoms with van der Waals surface area (Å²) in [4.78, 5) is 3.71. The fourth-order valence-corrected chi connectivity index (χ4v) is 10.5. The second-order valence-electron chi connectivity index (χ2n) is 13.3. The Balaban J connectivity index is 1.21. The molecule has 230 valence electrons. The molecule has 0 spiro atoms. The number of aromatic nitrogens is 1. The number of rotatable bonds is 6. The maximum atomic E-state index is 3.71. The normalized spacial score (nSPS) is 13.5. The van der Waals surface area contributed by atoms with Crippen molar-refractivity contribution in [3.63, 3.8) is 0 Å². The number of fused-ring (bicyclic) bond motifs is 9. The number of hydrogen-bond acceptors (Lipinski definition) is 2. The fraction of sp³-hybridized carbons (Fsp3) is 0.182. The molecule has 0 saturated carbocycles. The Morgan fingerprint density at radius 2 is 0.872 bits per heavy atom. The number of hydrogen-bond donors (Lipinski definition) is 1. The van der Waals surface area contributed by atoms with Crippen LogP contribution in [-0.2, 0) is 0 Å². The Hall–Kier alpha value is -4.44. The molecule has 3 aromatic heterocycles. The van der Waals surface area contributed by atoms with Gasteiger partial charge in [0, 0.05) is 62.2 Å². The third-order valence-electron chi connectivity index (χ3n) is 10.6. The van der Waals surface area contributed by atoms with E-state index in [1.807, 2.05) is 22.7 Å². The third kappa shape index (κ3) is 4.40. The van der Waals surface area contributed by atoms with Crippen LogP contribution in [0.2, 0.25) is 0 Å². The molecule has 3 heteroatoms. The van der Waals surface area contributed by atoms with Gasteiger partial charge in [-0.05, 0) is 82.3 Å². The largest absolute Gasteiger partial charge is 0.355 e. The molecule has 0 aliphatic carbocycles. The van der Waals surface area contributed by atoms with Crippen LogP contribution in [-0.4, -0.2) is 4.98 Å².